The van der Waals surface area contributed by atoms with Gasteiger partial charge >= 0.3 is 0 Å². The number of aliphatic imine (C=N–C) groups is 2. The van der Waals surface area contributed by atoms with Gasteiger partial charge in [-0.15, -0.1) is 0 Å². The van der Waals surface area contributed by atoms with Crippen LogP contribution in [0.25, 0.3) is 0 Å². The van der Waals surface area contributed by atoms with Crippen LogP contribution in [0, 0.1) is 0 Å². The number of amidine groups is 1. The third-order valence-corrected chi connectivity index (χ3v) is 3.64. The Hall–Kier alpha value is -1.17. The number of hydrogen-bond acceptors (Lipinski definition) is 5. The standard InChI is InChI=1S/C12H13ClN4S/c1-12(2,7-5-3-4-6-15-7)11-16-9(13)8(18)10(14)17-11/h3-6,10H,14H2,1-2H3. The average molecular weight is 281 g/mol. The molecule has 0 spiro atoms. The van der Waals surface area contributed by atoms with Crippen molar-refractivity contribution in [2.45, 2.75) is 25.4 Å². The Bertz CT molecular complexity index is 536. The van der Waals surface area contributed by atoms with Crippen molar-refractivity contribution in [3.63, 3.8) is 0 Å². The van der Waals surface area contributed by atoms with Gasteiger partial charge in [-0.3, -0.25) is 4.98 Å². The minimum absolute atomic E-state index is 0.242. The van der Waals surface area contributed by atoms with E-state index < -0.39 is 11.6 Å². The molecule has 0 saturated heterocycles. The summed E-state index contributed by atoms with van der Waals surface area (Å²) in [5.41, 5.74) is 6.21. The predicted molar refractivity (Wildman–Crippen MR) is 78.6 cm³/mol. The summed E-state index contributed by atoms with van der Waals surface area (Å²) in [7, 11) is 0. The predicted octanol–water partition coefficient (Wildman–Crippen LogP) is 2.06. The lowest BCUT2D eigenvalue weighted by atomic mass is 9.87. The Balaban J connectivity index is 2.43. The number of hydrogen-bond donors (Lipinski definition) is 1. The van der Waals surface area contributed by atoms with E-state index in [0.717, 1.165) is 5.69 Å². The number of aromatic nitrogens is 1. The molecule has 0 saturated carbocycles. The van der Waals surface area contributed by atoms with E-state index in [1.807, 2.05) is 32.0 Å². The molecule has 6 heteroatoms. The van der Waals surface area contributed by atoms with E-state index in [4.69, 9.17) is 29.6 Å². The molecular weight excluding hydrogens is 268 g/mol. The molecule has 0 bridgehead atoms. The van der Waals surface area contributed by atoms with Crippen molar-refractivity contribution in [2.24, 2.45) is 15.7 Å². The molecule has 1 unspecified atom stereocenters. The van der Waals surface area contributed by atoms with Crippen molar-refractivity contribution in [3.8, 4) is 0 Å². The summed E-state index contributed by atoms with van der Waals surface area (Å²) in [6, 6.07) is 5.70. The van der Waals surface area contributed by atoms with Crippen LogP contribution >= 0.6 is 23.8 Å². The summed E-state index contributed by atoms with van der Waals surface area (Å²) in [6.07, 6.45) is 1.12. The number of pyridine rings is 1. The Morgan fingerprint density at radius 2 is 2.11 bits per heavy atom. The van der Waals surface area contributed by atoms with Crippen LogP contribution in [0.5, 0.6) is 0 Å². The fourth-order valence-electron chi connectivity index (χ4n) is 1.64. The lowest BCUT2D eigenvalue weighted by Crippen LogP contribution is -2.40. The molecule has 0 fully saturated rings. The van der Waals surface area contributed by atoms with Gasteiger partial charge < -0.3 is 5.73 Å². The van der Waals surface area contributed by atoms with E-state index in [0.29, 0.717) is 10.7 Å². The van der Waals surface area contributed by atoms with Gasteiger partial charge in [0.15, 0.2) is 0 Å². The van der Waals surface area contributed by atoms with E-state index in [-0.39, 0.29) is 5.17 Å². The Labute approximate surface area is 116 Å². The van der Waals surface area contributed by atoms with Gasteiger partial charge in [0.25, 0.3) is 0 Å². The molecule has 4 nitrogen and oxygen atoms in total. The van der Waals surface area contributed by atoms with E-state index in [1.54, 1.807) is 6.20 Å². The quantitative estimate of drug-likeness (QED) is 0.844. The second-order valence-corrected chi connectivity index (χ2v) is 5.30. The van der Waals surface area contributed by atoms with Crippen LogP contribution in [0.3, 0.4) is 0 Å². The lowest BCUT2D eigenvalue weighted by molar-refractivity contribution is 0.672. The fraction of sp³-hybridized carbons (Fsp3) is 0.333. The van der Waals surface area contributed by atoms with Crippen LogP contribution in [-0.2, 0) is 5.41 Å². The first-order chi connectivity index (χ1) is 8.43. The largest absolute Gasteiger partial charge is 0.305 e. The molecule has 1 atom stereocenters. The second-order valence-electron chi connectivity index (χ2n) is 4.50. The van der Waals surface area contributed by atoms with Gasteiger partial charge in [0.1, 0.15) is 17.2 Å². The summed E-state index contributed by atoms with van der Waals surface area (Å²) >= 11 is 11.0. The molecule has 0 radical (unpaired) electrons. The summed E-state index contributed by atoms with van der Waals surface area (Å²) in [4.78, 5) is 13.2. The smallest absolute Gasteiger partial charge is 0.148 e. The molecule has 2 N–H and O–H groups in total. The van der Waals surface area contributed by atoms with Crippen LogP contribution in [-0.4, -0.2) is 27.0 Å². The van der Waals surface area contributed by atoms with Gasteiger partial charge in [0.2, 0.25) is 0 Å². The Morgan fingerprint density at radius 3 is 2.67 bits per heavy atom. The summed E-state index contributed by atoms with van der Waals surface area (Å²) in [6.45, 7) is 3.95. The number of nitrogens with zero attached hydrogens (tertiary/aromatic N) is 3. The molecule has 0 aromatic carbocycles. The molecule has 0 aliphatic carbocycles. The zero-order valence-electron chi connectivity index (χ0n) is 10.1. The monoisotopic (exact) mass is 280 g/mol. The van der Waals surface area contributed by atoms with Gasteiger partial charge in [0, 0.05) is 6.20 Å². The van der Waals surface area contributed by atoms with Gasteiger partial charge in [-0.2, -0.15) is 0 Å². The Morgan fingerprint density at radius 1 is 1.39 bits per heavy atom. The van der Waals surface area contributed by atoms with Crippen LogP contribution in [0.4, 0.5) is 0 Å². The van der Waals surface area contributed by atoms with Crippen molar-refractivity contribution in [3.05, 3.63) is 30.1 Å². The first-order valence-electron chi connectivity index (χ1n) is 5.46. The number of halogens is 1. The van der Waals surface area contributed by atoms with Crippen molar-refractivity contribution >= 4 is 39.7 Å². The first kappa shape index (κ1) is 13.3. The zero-order valence-corrected chi connectivity index (χ0v) is 11.7. The SMILES string of the molecule is CC(C)(C1=NC(N)C(=S)C(Cl)=N1)c1ccccn1. The fourth-order valence-corrected chi connectivity index (χ4v) is 1.93. The maximum absolute atomic E-state index is 5.98. The normalized spacial score (nSPS) is 20.4. The summed E-state index contributed by atoms with van der Waals surface area (Å²) < 4.78 is 0. The molecule has 2 rings (SSSR count). The minimum atomic E-state index is -0.608. The van der Waals surface area contributed by atoms with E-state index in [2.05, 4.69) is 15.0 Å². The molecule has 1 aliphatic rings. The number of thiocarbonyl (C=S) groups is 1. The third kappa shape index (κ3) is 2.34. The molecule has 2 heterocycles. The molecule has 1 aromatic rings. The zero-order chi connectivity index (χ0) is 13.3. The van der Waals surface area contributed by atoms with E-state index in [1.165, 1.54) is 0 Å². The van der Waals surface area contributed by atoms with Crippen LogP contribution in [0.1, 0.15) is 19.5 Å². The maximum atomic E-state index is 5.98. The highest BCUT2D eigenvalue weighted by molar-refractivity contribution is 7.82. The second kappa shape index (κ2) is 4.84. The highest BCUT2D eigenvalue weighted by Crippen LogP contribution is 2.26. The molecular formula is C12H13ClN4S. The first-order valence-corrected chi connectivity index (χ1v) is 6.25. The lowest BCUT2D eigenvalue weighted by Gasteiger charge is -2.27. The summed E-state index contributed by atoms with van der Waals surface area (Å²) in [5.74, 6) is 0.548. The highest BCUT2D eigenvalue weighted by Gasteiger charge is 2.33. The molecule has 1 aliphatic heterocycles. The van der Waals surface area contributed by atoms with Crippen molar-refractivity contribution in [1.82, 2.24) is 4.98 Å². The van der Waals surface area contributed by atoms with Gasteiger partial charge in [-0.25, -0.2) is 9.98 Å². The number of nitrogens with two attached hydrogens (primary N) is 1. The summed E-state index contributed by atoms with van der Waals surface area (Å²) in [5, 5.41) is 0.242. The maximum Gasteiger partial charge on any atom is 0.148 e. The molecule has 0 amide bonds. The van der Waals surface area contributed by atoms with Crippen molar-refractivity contribution < 1.29 is 0 Å². The van der Waals surface area contributed by atoms with Crippen LogP contribution < -0.4 is 5.73 Å². The van der Waals surface area contributed by atoms with Crippen molar-refractivity contribution in [1.29, 1.82) is 0 Å². The van der Waals surface area contributed by atoms with E-state index in [9.17, 15) is 0 Å². The Kier molecular flexibility index (Phi) is 3.56. The third-order valence-electron chi connectivity index (χ3n) is 2.80. The topological polar surface area (TPSA) is 63.6 Å². The van der Waals surface area contributed by atoms with Crippen LogP contribution in [0.2, 0.25) is 0 Å². The minimum Gasteiger partial charge on any atom is -0.305 e. The van der Waals surface area contributed by atoms with E-state index >= 15 is 0 Å². The van der Waals surface area contributed by atoms with Gasteiger partial charge in [0.05, 0.1) is 16.0 Å². The molecule has 1 aromatic heterocycles. The van der Waals surface area contributed by atoms with Gasteiger partial charge in [-0.05, 0) is 26.0 Å². The van der Waals surface area contributed by atoms with Crippen LogP contribution in [0.15, 0.2) is 34.4 Å². The van der Waals surface area contributed by atoms with Crippen molar-refractivity contribution in [2.75, 3.05) is 0 Å². The van der Waals surface area contributed by atoms with Gasteiger partial charge in [-0.1, -0.05) is 29.9 Å². The molecule has 18 heavy (non-hydrogen) atoms. The molecule has 94 valence electrons. The highest BCUT2D eigenvalue weighted by atomic mass is 35.5. The number of rotatable bonds is 2. The average Bonchev–Trinajstić information content (AvgIpc) is 2.36.